The van der Waals surface area contributed by atoms with Gasteiger partial charge in [0.05, 0.1) is 0 Å². The highest BCUT2D eigenvalue weighted by atomic mass is 79.9. The van der Waals surface area contributed by atoms with E-state index < -0.39 is 0 Å². The summed E-state index contributed by atoms with van der Waals surface area (Å²) >= 11 is 3.35. The van der Waals surface area contributed by atoms with Gasteiger partial charge in [-0.05, 0) is 31.0 Å². The Hall–Kier alpha value is -0.580. The van der Waals surface area contributed by atoms with Crippen molar-refractivity contribution in [1.29, 1.82) is 0 Å². The van der Waals surface area contributed by atoms with Crippen molar-refractivity contribution in [3.8, 4) is 5.75 Å². The lowest BCUT2D eigenvalue weighted by molar-refractivity contribution is 0.275. The van der Waals surface area contributed by atoms with E-state index in [0.29, 0.717) is 12.0 Å². The van der Waals surface area contributed by atoms with Crippen LogP contribution in [0, 0.1) is 6.92 Å². The zero-order chi connectivity index (χ0) is 10.7. The van der Waals surface area contributed by atoms with Gasteiger partial charge in [-0.15, -0.1) is 0 Å². The van der Waals surface area contributed by atoms with Crippen LogP contribution < -0.4 is 5.73 Å². The Morgan fingerprint density at radius 1 is 1.50 bits per heavy atom. The van der Waals surface area contributed by atoms with Crippen molar-refractivity contribution in [3.63, 3.8) is 0 Å². The molecule has 0 saturated heterocycles. The molecule has 0 heterocycles. The molecule has 0 saturated carbocycles. The van der Waals surface area contributed by atoms with Gasteiger partial charge in [-0.2, -0.15) is 0 Å². The second-order valence-corrected chi connectivity index (χ2v) is 4.15. The lowest BCUT2D eigenvalue weighted by atomic mass is 10.0. The third-order valence-electron chi connectivity index (χ3n) is 2.06. The van der Waals surface area contributed by atoms with Gasteiger partial charge in [0.25, 0.3) is 0 Å². The fourth-order valence-corrected chi connectivity index (χ4v) is 2.24. The molecule has 1 unspecified atom stereocenters. The first-order valence-corrected chi connectivity index (χ1v) is 5.21. The number of aryl methyl sites for hydroxylation is 1. The van der Waals surface area contributed by atoms with Gasteiger partial charge < -0.3 is 15.9 Å². The highest BCUT2D eigenvalue weighted by Crippen LogP contribution is 2.33. The maximum atomic E-state index is 9.68. The molecule has 0 aliphatic heterocycles. The largest absolute Gasteiger partial charge is 0.508 e. The Balaban J connectivity index is 3.07. The summed E-state index contributed by atoms with van der Waals surface area (Å²) < 4.78 is 0.788. The van der Waals surface area contributed by atoms with Crippen molar-refractivity contribution < 1.29 is 10.2 Å². The minimum absolute atomic E-state index is 0.0148. The zero-order valence-electron chi connectivity index (χ0n) is 8.00. The summed E-state index contributed by atoms with van der Waals surface area (Å²) in [5.41, 5.74) is 7.43. The molecule has 0 aliphatic rings. The number of aromatic hydroxyl groups is 1. The van der Waals surface area contributed by atoms with Gasteiger partial charge in [0.15, 0.2) is 0 Å². The molecule has 1 aromatic rings. The third kappa shape index (κ3) is 2.47. The van der Waals surface area contributed by atoms with Crippen LogP contribution in [0.4, 0.5) is 0 Å². The standard InChI is InChI=1S/C10H14BrNO2/c1-6-4-7(11)10(9(14)5-6)8(12)2-3-13/h4-5,8,13-14H,2-3,12H2,1H3. The third-order valence-corrected chi connectivity index (χ3v) is 2.72. The van der Waals surface area contributed by atoms with Crippen LogP contribution in [0.2, 0.25) is 0 Å². The van der Waals surface area contributed by atoms with Crippen molar-refractivity contribution in [1.82, 2.24) is 0 Å². The van der Waals surface area contributed by atoms with Crippen molar-refractivity contribution in [3.05, 3.63) is 27.7 Å². The van der Waals surface area contributed by atoms with Crippen molar-refractivity contribution in [2.75, 3.05) is 6.61 Å². The first-order valence-electron chi connectivity index (χ1n) is 4.41. The first kappa shape index (κ1) is 11.5. The van der Waals surface area contributed by atoms with Gasteiger partial charge in [-0.3, -0.25) is 0 Å². The molecular weight excluding hydrogens is 246 g/mol. The van der Waals surface area contributed by atoms with E-state index in [1.54, 1.807) is 6.07 Å². The van der Waals surface area contributed by atoms with Crippen LogP contribution in [0.15, 0.2) is 16.6 Å². The Morgan fingerprint density at radius 2 is 2.14 bits per heavy atom. The molecule has 0 radical (unpaired) electrons. The number of hydrogen-bond donors (Lipinski definition) is 3. The predicted octanol–water partition coefficient (Wildman–Crippen LogP) is 1.85. The lowest BCUT2D eigenvalue weighted by Crippen LogP contribution is -2.12. The van der Waals surface area contributed by atoms with Crippen LogP contribution in [0.3, 0.4) is 0 Å². The molecule has 0 aromatic heterocycles. The van der Waals surface area contributed by atoms with Gasteiger partial charge in [0, 0.05) is 22.7 Å². The molecule has 78 valence electrons. The van der Waals surface area contributed by atoms with Crippen LogP contribution in [-0.2, 0) is 0 Å². The molecule has 0 aliphatic carbocycles. The molecule has 14 heavy (non-hydrogen) atoms. The molecule has 4 heteroatoms. The molecule has 3 nitrogen and oxygen atoms in total. The summed E-state index contributed by atoms with van der Waals surface area (Å²) in [7, 11) is 0. The molecule has 0 fully saturated rings. The Morgan fingerprint density at radius 3 is 2.64 bits per heavy atom. The fourth-order valence-electron chi connectivity index (χ4n) is 1.39. The van der Waals surface area contributed by atoms with E-state index >= 15 is 0 Å². The van der Waals surface area contributed by atoms with E-state index in [4.69, 9.17) is 10.8 Å². The number of rotatable bonds is 3. The summed E-state index contributed by atoms with van der Waals surface area (Å²) in [4.78, 5) is 0. The lowest BCUT2D eigenvalue weighted by Gasteiger charge is -2.15. The molecule has 0 amide bonds. The van der Waals surface area contributed by atoms with E-state index in [9.17, 15) is 5.11 Å². The number of aliphatic hydroxyl groups excluding tert-OH is 1. The number of aliphatic hydroxyl groups is 1. The van der Waals surface area contributed by atoms with Crippen LogP contribution in [0.1, 0.15) is 23.6 Å². The molecule has 0 bridgehead atoms. The molecular formula is C10H14BrNO2. The predicted molar refractivity (Wildman–Crippen MR) is 59.2 cm³/mol. The normalized spacial score (nSPS) is 12.9. The molecule has 0 spiro atoms. The first-order chi connectivity index (χ1) is 6.56. The molecule has 1 aromatic carbocycles. The quantitative estimate of drug-likeness (QED) is 0.776. The minimum Gasteiger partial charge on any atom is -0.508 e. The Labute approximate surface area is 91.7 Å². The van der Waals surface area contributed by atoms with E-state index in [2.05, 4.69) is 15.9 Å². The van der Waals surface area contributed by atoms with E-state index in [1.807, 2.05) is 13.0 Å². The number of halogens is 1. The second-order valence-electron chi connectivity index (χ2n) is 3.30. The highest BCUT2D eigenvalue weighted by Gasteiger charge is 2.14. The zero-order valence-corrected chi connectivity index (χ0v) is 9.58. The number of phenolic OH excluding ortho intramolecular Hbond substituents is 1. The van der Waals surface area contributed by atoms with E-state index in [-0.39, 0.29) is 18.4 Å². The van der Waals surface area contributed by atoms with Crippen molar-refractivity contribution in [2.24, 2.45) is 5.73 Å². The van der Waals surface area contributed by atoms with Gasteiger partial charge in [-0.1, -0.05) is 15.9 Å². The second kappa shape index (κ2) is 4.77. The molecule has 4 N–H and O–H groups in total. The van der Waals surface area contributed by atoms with Gasteiger partial charge in [-0.25, -0.2) is 0 Å². The number of benzene rings is 1. The fraction of sp³-hybridized carbons (Fsp3) is 0.400. The maximum absolute atomic E-state index is 9.68. The summed E-state index contributed by atoms with van der Waals surface area (Å²) in [6, 6.07) is 3.22. The molecule has 1 rings (SSSR count). The summed E-state index contributed by atoms with van der Waals surface area (Å²) in [6.45, 7) is 1.91. The smallest absolute Gasteiger partial charge is 0.121 e. The van der Waals surface area contributed by atoms with Crippen molar-refractivity contribution in [2.45, 2.75) is 19.4 Å². The number of hydrogen-bond acceptors (Lipinski definition) is 3. The van der Waals surface area contributed by atoms with Crippen molar-refractivity contribution >= 4 is 15.9 Å². The summed E-state index contributed by atoms with van der Waals surface area (Å²) in [6.07, 6.45) is 0.440. The Bertz CT molecular complexity index is 305. The average molecular weight is 260 g/mol. The van der Waals surface area contributed by atoms with Crippen LogP contribution in [0.5, 0.6) is 5.75 Å². The summed E-state index contributed by atoms with van der Waals surface area (Å²) in [5.74, 6) is 0.179. The van der Waals surface area contributed by atoms with Gasteiger partial charge in [0.1, 0.15) is 5.75 Å². The number of phenols is 1. The van der Waals surface area contributed by atoms with E-state index in [1.165, 1.54) is 0 Å². The monoisotopic (exact) mass is 259 g/mol. The average Bonchev–Trinajstić information content (AvgIpc) is 2.01. The minimum atomic E-state index is -0.338. The van der Waals surface area contributed by atoms with Gasteiger partial charge in [0.2, 0.25) is 0 Å². The SMILES string of the molecule is Cc1cc(O)c(C(N)CCO)c(Br)c1. The summed E-state index contributed by atoms with van der Waals surface area (Å²) in [5, 5.41) is 18.4. The highest BCUT2D eigenvalue weighted by molar-refractivity contribution is 9.10. The van der Waals surface area contributed by atoms with Gasteiger partial charge >= 0.3 is 0 Å². The Kier molecular flexibility index (Phi) is 3.92. The maximum Gasteiger partial charge on any atom is 0.121 e. The van der Waals surface area contributed by atoms with Crippen LogP contribution in [-0.4, -0.2) is 16.8 Å². The van der Waals surface area contributed by atoms with Crippen LogP contribution >= 0.6 is 15.9 Å². The molecule has 1 atom stereocenters. The van der Waals surface area contributed by atoms with Crippen LogP contribution in [0.25, 0.3) is 0 Å². The topological polar surface area (TPSA) is 66.5 Å². The van der Waals surface area contributed by atoms with E-state index in [0.717, 1.165) is 10.0 Å². The number of nitrogens with two attached hydrogens (primary N) is 1.